The van der Waals surface area contributed by atoms with Crippen molar-refractivity contribution in [1.82, 2.24) is 9.97 Å². The zero-order valence-electron chi connectivity index (χ0n) is 14.1. The summed E-state index contributed by atoms with van der Waals surface area (Å²) in [5, 5.41) is 15.1. The van der Waals surface area contributed by atoms with Gasteiger partial charge in [-0.2, -0.15) is 5.10 Å². The van der Waals surface area contributed by atoms with Crippen molar-refractivity contribution in [3.8, 4) is 0 Å². The Morgan fingerprint density at radius 3 is 2.76 bits per heavy atom. The third kappa shape index (κ3) is 4.28. The lowest BCUT2D eigenvalue weighted by Crippen LogP contribution is -2.30. The number of aromatic nitrogens is 2. The van der Waals surface area contributed by atoms with Crippen molar-refractivity contribution in [1.29, 1.82) is 0 Å². The molecule has 25 heavy (non-hydrogen) atoms. The second-order valence-corrected chi connectivity index (χ2v) is 5.89. The second kappa shape index (κ2) is 7.69. The average molecular weight is 340 g/mol. The van der Waals surface area contributed by atoms with Crippen LogP contribution in [0.5, 0.6) is 0 Å². The molecular formula is C17H20N6O2. The van der Waals surface area contributed by atoms with Crippen molar-refractivity contribution >= 4 is 23.5 Å². The van der Waals surface area contributed by atoms with Crippen molar-refractivity contribution in [3.63, 3.8) is 0 Å². The zero-order valence-corrected chi connectivity index (χ0v) is 14.1. The van der Waals surface area contributed by atoms with Crippen LogP contribution in [-0.2, 0) is 0 Å². The first kappa shape index (κ1) is 16.8. The van der Waals surface area contributed by atoms with Gasteiger partial charge < -0.3 is 4.90 Å². The predicted octanol–water partition coefficient (Wildman–Crippen LogP) is 3.13. The largest absolute Gasteiger partial charge is 0.356 e. The quantitative estimate of drug-likeness (QED) is 0.510. The Labute approximate surface area is 145 Å². The van der Waals surface area contributed by atoms with Crippen LogP contribution in [0.3, 0.4) is 0 Å². The number of hydrogen-bond acceptors (Lipinski definition) is 7. The van der Waals surface area contributed by atoms with Gasteiger partial charge in [0.05, 0.1) is 16.7 Å². The van der Waals surface area contributed by atoms with Crippen LogP contribution >= 0.6 is 0 Å². The Hall–Kier alpha value is -3.03. The lowest BCUT2D eigenvalue weighted by Gasteiger charge is -2.27. The minimum Gasteiger partial charge on any atom is -0.356 e. The van der Waals surface area contributed by atoms with Gasteiger partial charge in [0.1, 0.15) is 11.6 Å². The van der Waals surface area contributed by atoms with Gasteiger partial charge in [-0.05, 0) is 32.3 Å². The number of rotatable bonds is 5. The second-order valence-electron chi connectivity index (χ2n) is 5.89. The fourth-order valence-corrected chi connectivity index (χ4v) is 2.83. The van der Waals surface area contributed by atoms with Gasteiger partial charge >= 0.3 is 0 Å². The first-order chi connectivity index (χ1) is 12.1. The van der Waals surface area contributed by atoms with Crippen LogP contribution in [0.2, 0.25) is 0 Å². The van der Waals surface area contributed by atoms with E-state index in [0.29, 0.717) is 17.2 Å². The number of hydrazone groups is 1. The Morgan fingerprint density at radius 1 is 1.24 bits per heavy atom. The number of piperidine rings is 1. The summed E-state index contributed by atoms with van der Waals surface area (Å²) in [5.74, 6) is 2.12. The highest BCUT2D eigenvalue weighted by Crippen LogP contribution is 2.20. The molecule has 0 amide bonds. The van der Waals surface area contributed by atoms with Crippen LogP contribution in [0.15, 0.2) is 35.4 Å². The molecule has 1 aromatic heterocycles. The van der Waals surface area contributed by atoms with E-state index in [1.54, 1.807) is 18.2 Å². The smallest absolute Gasteiger partial charge is 0.278 e. The molecule has 0 saturated carbocycles. The first-order valence-electron chi connectivity index (χ1n) is 8.26. The van der Waals surface area contributed by atoms with Crippen LogP contribution in [0.25, 0.3) is 0 Å². The number of aryl methyl sites for hydroxylation is 1. The molecule has 130 valence electrons. The van der Waals surface area contributed by atoms with Gasteiger partial charge in [-0.25, -0.2) is 9.97 Å². The van der Waals surface area contributed by atoms with Crippen LogP contribution in [0.1, 0.15) is 30.7 Å². The van der Waals surface area contributed by atoms with Crippen molar-refractivity contribution in [2.24, 2.45) is 5.10 Å². The number of nitro benzene ring substituents is 1. The summed E-state index contributed by atoms with van der Waals surface area (Å²) in [6.45, 7) is 3.83. The maximum absolute atomic E-state index is 11.0. The predicted molar refractivity (Wildman–Crippen MR) is 97.1 cm³/mol. The van der Waals surface area contributed by atoms with E-state index in [4.69, 9.17) is 0 Å². The average Bonchev–Trinajstić information content (AvgIpc) is 2.62. The van der Waals surface area contributed by atoms with Gasteiger partial charge in [0.2, 0.25) is 0 Å². The summed E-state index contributed by atoms with van der Waals surface area (Å²) in [5.41, 5.74) is 3.30. The van der Waals surface area contributed by atoms with Gasteiger partial charge in [-0.1, -0.05) is 12.1 Å². The van der Waals surface area contributed by atoms with Crippen LogP contribution < -0.4 is 10.3 Å². The van der Waals surface area contributed by atoms with Crippen LogP contribution in [0.4, 0.5) is 17.3 Å². The fraction of sp³-hybridized carbons (Fsp3) is 0.353. The summed E-state index contributed by atoms with van der Waals surface area (Å²) in [4.78, 5) is 21.7. The topological polar surface area (TPSA) is 96.5 Å². The summed E-state index contributed by atoms with van der Waals surface area (Å²) >= 11 is 0. The molecule has 0 atom stereocenters. The molecule has 2 heterocycles. The van der Waals surface area contributed by atoms with Crippen molar-refractivity contribution in [2.45, 2.75) is 26.2 Å². The molecule has 1 aliphatic rings. The molecule has 1 aliphatic heterocycles. The molecule has 1 N–H and O–H groups in total. The molecule has 0 aliphatic carbocycles. The molecule has 1 aromatic carbocycles. The molecule has 0 spiro atoms. The Balaban J connectivity index is 1.75. The summed E-state index contributed by atoms with van der Waals surface area (Å²) in [6.07, 6.45) is 5.02. The van der Waals surface area contributed by atoms with Gasteiger partial charge in [0.25, 0.3) is 5.69 Å². The lowest BCUT2D eigenvalue weighted by atomic mass is 10.1. The van der Waals surface area contributed by atoms with Gasteiger partial charge in [-0.3, -0.25) is 15.5 Å². The summed E-state index contributed by atoms with van der Waals surface area (Å²) in [6, 6.07) is 8.31. The molecule has 0 radical (unpaired) electrons. The highest BCUT2D eigenvalue weighted by atomic mass is 16.6. The monoisotopic (exact) mass is 340 g/mol. The number of benzene rings is 1. The Morgan fingerprint density at radius 2 is 2.00 bits per heavy atom. The Bertz CT molecular complexity index is 786. The normalized spacial score (nSPS) is 14.7. The van der Waals surface area contributed by atoms with E-state index < -0.39 is 4.92 Å². The Kier molecular flexibility index (Phi) is 5.17. The molecule has 8 nitrogen and oxygen atoms in total. The van der Waals surface area contributed by atoms with E-state index in [-0.39, 0.29) is 5.69 Å². The van der Waals surface area contributed by atoms with Gasteiger partial charge in [-0.15, -0.1) is 0 Å². The number of nitro groups is 1. The molecule has 0 unspecified atom stereocenters. The molecule has 1 fully saturated rings. The van der Waals surface area contributed by atoms with E-state index in [0.717, 1.165) is 18.9 Å². The minimum atomic E-state index is -0.426. The van der Waals surface area contributed by atoms with Gasteiger partial charge in [0, 0.05) is 25.2 Å². The molecule has 1 saturated heterocycles. The number of nitrogens with zero attached hydrogens (tertiary/aromatic N) is 5. The van der Waals surface area contributed by atoms with Crippen molar-refractivity contribution in [3.05, 3.63) is 51.8 Å². The van der Waals surface area contributed by atoms with E-state index >= 15 is 0 Å². The van der Waals surface area contributed by atoms with E-state index in [1.807, 2.05) is 13.0 Å². The highest BCUT2D eigenvalue weighted by molar-refractivity contribution is 5.85. The molecule has 8 heteroatoms. The van der Waals surface area contributed by atoms with Crippen LogP contribution in [-0.4, -0.2) is 34.2 Å². The fourth-order valence-electron chi connectivity index (χ4n) is 2.83. The minimum absolute atomic E-state index is 0.0147. The maximum Gasteiger partial charge on any atom is 0.278 e. The zero-order chi connectivity index (χ0) is 17.6. The van der Waals surface area contributed by atoms with E-state index in [9.17, 15) is 10.1 Å². The number of para-hydroxylation sites is 1. The lowest BCUT2D eigenvalue weighted by molar-refractivity contribution is -0.385. The third-order valence-corrected chi connectivity index (χ3v) is 4.02. The highest BCUT2D eigenvalue weighted by Gasteiger charge is 2.14. The SMILES string of the molecule is Cc1nc(N/N=C\c2ccccc2[N+](=O)[O-])cc(N2CCCCC2)n1. The van der Waals surface area contributed by atoms with E-state index in [1.165, 1.54) is 31.5 Å². The third-order valence-electron chi connectivity index (χ3n) is 4.02. The molecule has 0 bridgehead atoms. The van der Waals surface area contributed by atoms with Crippen molar-refractivity contribution in [2.75, 3.05) is 23.4 Å². The van der Waals surface area contributed by atoms with E-state index in [2.05, 4.69) is 25.4 Å². The number of anilines is 2. The molecule has 2 aromatic rings. The van der Waals surface area contributed by atoms with Gasteiger partial charge in [0.15, 0.2) is 5.82 Å². The standard InChI is InChI=1S/C17H20N6O2/c1-13-19-16(11-17(20-13)22-9-5-2-6-10-22)21-18-12-14-7-3-4-8-15(14)23(24)25/h3-4,7-8,11-12H,2,5-6,9-10H2,1H3,(H,19,20,21)/b18-12-. The first-order valence-corrected chi connectivity index (χ1v) is 8.26. The molecular weight excluding hydrogens is 320 g/mol. The van der Waals surface area contributed by atoms with Crippen LogP contribution in [0, 0.1) is 17.0 Å². The molecule has 3 rings (SSSR count). The summed E-state index contributed by atoms with van der Waals surface area (Å²) in [7, 11) is 0. The number of nitrogens with one attached hydrogen (secondary N) is 1. The maximum atomic E-state index is 11.0. The van der Waals surface area contributed by atoms with Crippen molar-refractivity contribution < 1.29 is 4.92 Å². The summed E-state index contributed by atoms with van der Waals surface area (Å²) < 4.78 is 0. The number of hydrogen-bond donors (Lipinski definition) is 1.